The predicted molar refractivity (Wildman–Crippen MR) is 102 cm³/mol. The highest BCUT2D eigenvalue weighted by molar-refractivity contribution is 7.12. The number of hydrogen-bond donors (Lipinski definition) is 1. The highest BCUT2D eigenvalue weighted by Crippen LogP contribution is 2.40. The van der Waals surface area contributed by atoms with Crippen LogP contribution in [0.4, 0.5) is 11.4 Å². The lowest BCUT2D eigenvalue weighted by atomic mass is 9.86. The first-order chi connectivity index (χ1) is 12.5. The molecule has 1 saturated heterocycles. The number of rotatable bonds is 1. The molecular formula is C19H16N4O2S. The summed E-state index contributed by atoms with van der Waals surface area (Å²) in [5, 5.41) is 15.2. The summed E-state index contributed by atoms with van der Waals surface area (Å²) in [5.74, 6) is 0.152. The Morgan fingerprint density at radius 2 is 2.00 bits per heavy atom. The zero-order valence-electron chi connectivity index (χ0n) is 14.4. The average Bonchev–Trinajstić information content (AvgIpc) is 3.22. The van der Waals surface area contributed by atoms with Crippen LogP contribution in [-0.4, -0.2) is 38.5 Å². The van der Waals surface area contributed by atoms with E-state index in [0.29, 0.717) is 30.1 Å². The van der Waals surface area contributed by atoms with Gasteiger partial charge in [-0.3, -0.25) is 4.79 Å². The largest absolute Gasteiger partial charge is 0.374 e. The Morgan fingerprint density at radius 1 is 1.19 bits per heavy atom. The number of aryl methyl sites for hydroxylation is 2. The fourth-order valence-corrected chi connectivity index (χ4v) is 4.27. The summed E-state index contributed by atoms with van der Waals surface area (Å²) in [6.07, 6.45) is 0.329. The molecular weight excluding hydrogens is 348 g/mol. The molecule has 2 aromatic carbocycles. The van der Waals surface area contributed by atoms with E-state index in [0.717, 1.165) is 27.0 Å². The molecule has 1 fully saturated rings. The summed E-state index contributed by atoms with van der Waals surface area (Å²) in [6.45, 7) is 4.49. The van der Waals surface area contributed by atoms with Gasteiger partial charge < -0.3 is 10.0 Å². The van der Waals surface area contributed by atoms with Gasteiger partial charge in [0.2, 0.25) is 5.78 Å². The third-order valence-corrected chi connectivity index (χ3v) is 6.01. The Balaban J connectivity index is 1.67. The zero-order chi connectivity index (χ0) is 18.1. The fourth-order valence-electron chi connectivity index (χ4n) is 3.68. The molecule has 1 atom stereocenters. The van der Waals surface area contributed by atoms with Crippen molar-refractivity contribution < 1.29 is 9.90 Å². The fraction of sp³-hybridized carbons (Fsp3) is 0.263. The Labute approximate surface area is 154 Å². The van der Waals surface area contributed by atoms with Crippen molar-refractivity contribution in [3.05, 3.63) is 47.0 Å². The van der Waals surface area contributed by atoms with E-state index in [2.05, 4.69) is 9.59 Å². The van der Waals surface area contributed by atoms with Gasteiger partial charge in [-0.25, -0.2) is 4.99 Å². The molecule has 3 aromatic rings. The molecule has 5 rings (SSSR count). The second-order valence-corrected chi connectivity index (χ2v) is 7.69. The monoisotopic (exact) mass is 364 g/mol. The molecule has 2 aliphatic heterocycles. The van der Waals surface area contributed by atoms with Crippen LogP contribution >= 0.6 is 11.5 Å². The van der Waals surface area contributed by atoms with E-state index >= 15 is 0 Å². The summed E-state index contributed by atoms with van der Waals surface area (Å²) in [5.41, 5.74) is 3.40. The van der Waals surface area contributed by atoms with E-state index in [-0.39, 0.29) is 5.78 Å². The van der Waals surface area contributed by atoms with Gasteiger partial charge in [-0.1, -0.05) is 4.49 Å². The summed E-state index contributed by atoms with van der Waals surface area (Å²) in [4.78, 5) is 19.7. The van der Waals surface area contributed by atoms with Gasteiger partial charge in [-0.15, -0.1) is 5.10 Å². The van der Waals surface area contributed by atoms with Crippen LogP contribution in [0.15, 0.2) is 35.3 Å². The van der Waals surface area contributed by atoms with Crippen LogP contribution in [-0.2, 0) is 0 Å². The van der Waals surface area contributed by atoms with Gasteiger partial charge in [0, 0.05) is 24.2 Å². The van der Waals surface area contributed by atoms with Crippen LogP contribution in [0, 0.1) is 13.8 Å². The summed E-state index contributed by atoms with van der Waals surface area (Å²) >= 11 is 1.32. The lowest BCUT2D eigenvalue weighted by Gasteiger charge is -2.30. The molecule has 0 bridgehead atoms. The number of hydrogen-bond acceptors (Lipinski definition) is 7. The van der Waals surface area contributed by atoms with Crippen molar-refractivity contribution in [3.63, 3.8) is 0 Å². The van der Waals surface area contributed by atoms with E-state index in [4.69, 9.17) is 4.99 Å². The molecule has 0 saturated carbocycles. The number of benzene rings is 2. The smallest absolute Gasteiger partial charge is 0.204 e. The van der Waals surface area contributed by atoms with Gasteiger partial charge in [0.15, 0.2) is 5.60 Å². The normalized spacial score (nSPS) is 21.7. The number of nitrogens with zero attached hydrogens (tertiary/aromatic N) is 4. The average molecular weight is 364 g/mol. The summed E-state index contributed by atoms with van der Waals surface area (Å²) in [7, 11) is 0. The number of carbonyl (C=O) groups excluding carboxylic acids is 1. The minimum atomic E-state index is -1.56. The third kappa shape index (κ3) is 2.01. The number of aromatic nitrogens is 2. The molecule has 0 amide bonds. The molecule has 130 valence electrons. The van der Waals surface area contributed by atoms with Crippen molar-refractivity contribution in [3.8, 4) is 0 Å². The van der Waals surface area contributed by atoms with Crippen molar-refractivity contribution >= 4 is 44.7 Å². The second kappa shape index (κ2) is 5.18. The number of Topliss-reactive ketones (excluding diaryl/α,β-unsaturated/α-hetero) is 1. The third-order valence-electron chi connectivity index (χ3n) is 5.32. The van der Waals surface area contributed by atoms with E-state index in [1.807, 2.05) is 49.1 Å². The van der Waals surface area contributed by atoms with Crippen molar-refractivity contribution in [2.75, 3.05) is 11.4 Å². The quantitative estimate of drug-likeness (QED) is 0.717. The van der Waals surface area contributed by atoms with Crippen molar-refractivity contribution in [1.29, 1.82) is 0 Å². The second-order valence-electron chi connectivity index (χ2n) is 6.91. The summed E-state index contributed by atoms with van der Waals surface area (Å²) < 4.78 is 4.93. The lowest BCUT2D eigenvalue weighted by molar-refractivity contribution is 0.0602. The molecule has 1 N–H and O–H groups in total. The standard InChI is InChI=1S/C19H16N4O2S/c1-10-7-13-15(8-11(10)2)20-18-19(25,17(13)24)5-6-23(18)12-3-4-14-16(9-12)26-22-21-14/h3-4,7-9,25H,5-6H2,1-2H3/t19-/m1/s1. The van der Waals surface area contributed by atoms with Crippen LogP contribution < -0.4 is 4.90 Å². The molecule has 7 heteroatoms. The number of aliphatic imine (C=N–C) groups is 1. The van der Waals surface area contributed by atoms with Crippen LogP contribution in [0.25, 0.3) is 10.2 Å². The highest BCUT2D eigenvalue weighted by atomic mass is 32.1. The van der Waals surface area contributed by atoms with Gasteiger partial charge in [0.1, 0.15) is 11.4 Å². The predicted octanol–water partition coefficient (Wildman–Crippen LogP) is 3.18. The molecule has 2 aliphatic rings. The van der Waals surface area contributed by atoms with Crippen LogP contribution in [0.1, 0.15) is 27.9 Å². The van der Waals surface area contributed by atoms with Gasteiger partial charge in [-0.2, -0.15) is 0 Å². The zero-order valence-corrected chi connectivity index (χ0v) is 15.2. The highest BCUT2D eigenvalue weighted by Gasteiger charge is 2.52. The SMILES string of the molecule is Cc1cc2c(cc1C)C(=O)[C@]1(O)CCN(c3ccc4nnsc4c3)C1=N2. The molecule has 6 nitrogen and oxygen atoms in total. The summed E-state index contributed by atoms with van der Waals surface area (Å²) in [6, 6.07) is 9.57. The maximum absolute atomic E-state index is 13.1. The van der Waals surface area contributed by atoms with E-state index in [1.54, 1.807) is 0 Å². The molecule has 0 radical (unpaired) electrons. The van der Waals surface area contributed by atoms with Gasteiger partial charge in [0.05, 0.1) is 10.4 Å². The number of carbonyl (C=O) groups is 1. The Morgan fingerprint density at radius 3 is 2.85 bits per heavy atom. The maximum Gasteiger partial charge on any atom is 0.204 e. The van der Waals surface area contributed by atoms with E-state index < -0.39 is 5.60 Å². The Bertz CT molecular complexity index is 1120. The minimum absolute atomic E-state index is 0.261. The molecule has 3 heterocycles. The van der Waals surface area contributed by atoms with E-state index in [9.17, 15) is 9.90 Å². The van der Waals surface area contributed by atoms with Gasteiger partial charge in [0.25, 0.3) is 0 Å². The van der Waals surface area contributed by atoms with Gasteiger partial charge >= 0.3 is 0 Å². The molecule has 0 aliphatic carbocycles. The molecule has 0 spiro atoms. The first kappa shape index (κ1) is 15.6. The van der Waals surface area contributed by atoms with Crippen molar-refractivity contribution in [2.45, 2.75) is 25.9 Å². The van der Waals surface area contributed by atoms with Crippen LogP contribution in [0.5, 0.6) is 0 Å². The maximum atomic E-state index is 13.1. The number of fused-ring (bicyclic) bond motifs is 3. The number of amidine groups is 1. The number of ketones is 1. The van der Waals surface area contributed by atoms with E-state index in [1.165, 1.54) is 11.5 Å². The first-order valence-electron chi connectivity index (χ1n) is 8.44. The number of anilines is 1. The molecule has 1 aromatic heterocycles. The lowest BCUT2D eigenvalue weighted by Crippen LogP contribution is -2.48. The topological polar surface area (TPSA) is 78.7 Å². The van der Waals surface area contributed by atoms with Gasteiger partial charge in [-0.05, 0) is 66.8 Å². The van der Waals surface area contributed by atoms with Crippen LogP contribution in [0.3, 0.4) is 0 Å². The van der Waals surface area contributed by atoms with Crippen LogP contribution in [0.2, 0.25) is 0 Å². The number of aliphatic hydroxyl groups is 1. The minimum Gasteiger partial charge on any atom is -0.374 e. The molecule has 26 heavy (non-hydrogen) atoms. The van der Waals surface area contributed by atoms with Crippen molar-refractivity contribution in [2.24, 2.45) is 4.99 Å². The van der Waals surface area contributed by atoms with Crippen molar-refractivity contribution in [1.82, 2.24) is 9.59 Å². The first-order valence-corrected chi connectivity index (χ1v) is 9.22. The Kier molecular flexibility index (Phi) is 3.11. The molecule has 0 unspecified atom stereocenters. The Hall–Kier alpha value is -2.64.